The maximum absolute atomic E-state index is 13.2. The van der Waals surface area contributed by atoms with Crippen LogP contribution in [0.4, 0.5) is 0 Å². The zero-order valence-corrected chi connectivity index (χ0v) is 28.2. The van der Waals surface area contributed by atoms with Crippen LogP contribution in [-0.4, -0.2) is 77.3 Å². The number of H-pyrrole nitrogens is 1. The quantitative estimate of drug-likeness (QED) is 0.157. The van der Waals surface area contributed by atoms with Gasteiger partial charge in [-0.25, -0.2) is 9.78 Å². The lowest BCUT2D eigenvalue weighted by molar-refractivity contribution is -0.122. The Labute approximate surface area is 289 Å². The van der Waals surface area contributed by atoms with Crippen molar-refractivity contribution >= 4 is 33.7 Å². The molecule has 1 unspecified atom stereocenters. The molecule has 1 amide bonds. The molecule has 0 spiro atoms. The van der Waals surface area contributed by atoms with Gasteiger partial charge in [0.2, 0.25) is 11.7 Å². The van der Waals surface area contributed by atoms with Crippen LogP contribution in [0.3, 0.4) is 0 Å². The number of ether oxygens (including phenoxy) is 1. The molecule has 8 rings (SSSR count). The number of rotatable bonds is 13. The summed E-state index contributed by atoms with van der Waals surface area (Å²) in [6.07, 6.45) is 7.02. The van der Waals surface area contributed by atoms with Gasteiger partial charge >= 0.3 is 5.97 Å². The third-order valence-electron chi connectivity index (χ3n) is 10.1. The second kappa shape index (κ2) is 13.5. The fourth-order valence-corrected chi connectivity index (χ4v) is 7.47. The average Bonchev–Trinajstić information content (AvgIpc) is 3.59. The number of benzene rings is 3. The van der Waals surface area contributed by atoms with Gasteiger partial charge in [0.05, 0.1) is 25.9 Å². The van der Waals surface area contributed by atoms with E-state index in [-0.39, 0.29) is 23.8 Å². The highest BCUT2D eigenvalue weighted by atomic mass is 16.5. The zero-order chi connectivity index (χ0) is 34.1. The van der Waals surface area contributed by atoms with Gasteiger partial charge in [-0.05, 0) is 68.3 Å². The van der Waals surface area contributed by atoms with E-state index in [9.17, 15) is 9.59 Å². The number of hydrogen-bond acceptors (Lipinski definition) is 8. The van der Waals surface area contributed by atoms with Gasteiger partial charge in [0.25, 0.3) is 0 Å². The Kier molecular flexibility index (Phi) is 8.61. The summed E-state index contributed by atoms with van der Waals surface area (Å²) in [6.45, 7) is 5.85. The maximum Gasteiger partial charge on any atom is 0.375 e. The number of carbonyl (C=O) groups excluding carboxylic acids is 2. The van der Waals surface area contributed by atoms with Gasteiger partial charge in [-0.1, -0.05) is 59.8 Å². The van der Waals surface area contributed by atoms with Crippen LogP contribution < -0.4 is 5.32 Å². The standard InChI is InChI=1S/C38H41N9O3/c1-2-50-37(49)36-40-35(42-43-36)27-10-7-9-26(19-27)21-39-34(48)20-38(16-17-38)25-45-18-8-11-29(45)24-46-22-28(41-44-46)23-47-32-14-5-3-12-30(32)31-13-4-6-15-33(31)47/h3-7,9-10,12-15,19,22,29H,2,8,11,16-18,20-21,23-25H2,1H3,(H,39,48)(H,40,42,43). The minimum absolute atomic E-state index is 0.0288. The van der Waals surface area contributed by atoms with Crippen LogP contribution in [0, 0.1) is 5.41 Å². The van der Waals surface area contributed by atoms with Crippen molar-refractivity contribution in [1.82, 2.24) is 45.0 Å². The van der Waals surface area contributed by atoms with Gasteiger partial charge in [0.1, 0.15) is 5.69 Å². The van der Waals surface area contributed by atoms with E-state index in [0.29, 0.717) is 31.4 Å². The summed E-state index contributed by atoms with van der Waals surface area (Å²) in [5.41, 5.74) is 5.08. The number of esters is 1. The summed E-state index contributed by atoms with van der Waals surface area (Å²) in [5, 5.41) is 21.6. The van der Waals surface area contributed by atoms with Crippen molar-refractivity contribution in [3.63, 3.8) is 0 Å². The monoisotopic (exact) mass is 671 g/mol. The third kappa shape index (κ3) is 6.62. The Morgan fingerprint density at radius 1 is 1.02 bits per heavy atom. The van der Waals surface area contributed by atoms with Crippen molar-refractivity contribution in [1.29, 1.82) is 0 Å². The molecule has 256 valence electrons. The molecule has 4 heterocycles. The molecule has 2 fully saturated rings. The molecular formula is C38H41N9O3. The SMILES string of the molecule is CCOC(=O)c1nc(-c2cccc(CNC(=O)CC3(CN4CCCC4Cn4cc(Cn5c6ccccc6c6ccccc65)nn4)CC3)c2)n[nH]1. The topological polar surface area (TPSA) is 136 Å². The number of hydrogen-bond donors (Lipinski definition) is 2. The molecule has 3 aromatic carbocycles. The zero-order valence-electron chi connectivity index (χ0n) is 28.2. The van der Waals surface area contributed by atoms with Crippen molar-refractivity contribution in [2.24, 2.45) is 5.41 Å². The largest absolute Gasteiger partial charge is 0.460 e. The third-order valence-corrected chi connectivity index (χ3v) is 10.1. The maximum atomic E-state index is 13.2. The highest BCUT2D eigenvalue weighted by molar-refractivity contribution is 6.08. The number of aromatic nitrogens is 7. The summed E-state index contributed by atoms with van der Waals surface area (Å²) < 4.78 is 9.33. The lowest BCUT2D eigenvalue weighted by Gasteiger charge is -2.28. The van der Waals surface area contributed by atoms with Gasteiger partial charge in [0.15, 0.2) is 5.82 Å². The van der Waals surface area contributed by atoms with Crippen LogP contribution in [-0.2, 0) is 29.2 Å². The molecule has 50 heavy (non-hydrogen) atoms. The number of carbonyl (C=O) groups is 2. The molecule has 1 saturated heterocycles. The van der Waals surface area contributed by atoms with Crippen LogP contribution in [0.1, 0.15) is 60.9 Å². The minimum atomic E-state index is -0.539. The molecule has 2 aliphatic rings. The normalized spacial score (nSPS) is 17.0. The van der Waals surface area contributed by atoms with Gasteiger partial charge in [0, 0.05) is 52.9 Å². The first-order valence-electron chi connectivity index (χ1n) is 17.5. The highest BCUT2D eigenvalue weighted by Gasteiger charge is 2.47. The van der Waals surface area contributed by atoms with Gasteiger partial charge < -0.3 is 14.6 Å². The van der Waals surface area contributed by atoms with Crippen molar-refractivity contribution in [3.8, 4) is 11.4 Å². The van der Waals surface area contributed by atoms with Gasteiger partial charge in [-0.3, -0.25) is 19.5 Å². The Balaban J connectivity index is 0.858. The first kappa shape index (κ1) is 31.9. The predicted octanol–water partition coefficient (Wildman–Crippen LogP) is 5.35. The molecule has 12 nitrogen and oxygen atoms in total. The van der Waals surface area contributed by atoms with Crippen molar-refractivity contribution in [2.75, 3.05) is 19.7 Å². The van der Waals surface area contributed by atoms with Crippen LogP contribution >= 0.6 is 0 Å². The fourth-order valence-electron chi connectivity index (χ4n) is 7.47. The molecule has 3 aromatic heterocycles. The van der Waals surface area contributed by atoms with Gasteiger partial charge in [-0.2, -0.15) is 5.10 Å². The number of amides is 1. The molecule has 1 aliphatic carbocycles. The van der Waals surface area contributed by atoms with E-state index in [1.54, 1.807) is 6.92 Å². The molecule has 2 N–H and O–H groups in total. The lowest BCUT2D eigenvalue weighted by Crippen LogP contribution is -2.39. The second-order valence-corrected chi connectivity index (χ2v) is 13.7. The van der Waals surface area contributed by atoms with Crippen LogP contribution in [0.5, 0.6) is 0 Å². The molecule has 1 atom stereocenters. The van der Waals surface area contributed by atoms with E-state index in [4.69, 9.17) is 4.74 Å². The molecule has 12 heteroatoms. The Hall–Kier alpha value is -5.36. The van der Waals surface area contributed by atoms with Crippen LogP contribution in [0.25, 0.3) is 33.2 Å². The highest BCUT2D eigenvalue weighted by Crippen LogP contribution is 2.50. The number of aromatic amines is 1. The summed E-state index contributed by atoms with van der Waals surface area (Å²) in [7, 11) is 0. The van der Waals surface area contributed by atoms with E-state index in [0.717, 1.165) is 62.1 Å². The summed E-state index contributed by atoms with van der Waals surface area (Å²) >= 11 is 0. The van der Waals surface area contributed by atoms with Crippen molar-refractivity contribution in [3.05, 3.63) is 96.1 Å². The molecule has 6 aromatic rings. The Morgan fingerprint density at radius 3 is 2.56 bits per heavy atom. The summed E-state index contributed by atoms with van der Waals surface area (Å²) in [5.74, 6) is 0.000660. The van der Waals surface area contributed by atoms with E-state index < -0.39 is 5.97 Å². The first-order valence-corrected chi connectivity index (χ1v) is 17.5. The number of nitrogens with one attached hydrogen (secondary N) is 2. The fraction of sp³-hybridized carbons (Fsp3) is 0.368. The first-order chi connectivity index (χ1) is 24.5. The van der Waals surface area contributed by atoms with Crippen molar-refractivity contribution in [2.45, 2.75) is 64.7 Å². The van der Waals surface area contributed by atoms with Crippen LogP contribution in [0.2, 0.25) is 0 Å². The molecule has 0 bridgehead atoms. The van der Waals surface area contributed by atoms with Crippen LogP contribution in [0.15, 0.2) is 79.0 Å². The van der Waals surface area contributed by atoms with E-state index >= 15 is 0 Å². The van der Waals surface area contributed by atoms with E-state index in [2.05, 4.69) is 95.0 Å². The molecule has 0 radical (unpaired) electrons. The molecule has 1 saturated carbocycles. The predicted molar refractivity (Wildman–Crippen MR) is 189 cm³/mol. The Morgan fingerprint density at radius 2 is 1.80 bits per heavy atom. The lowest BCUT2D eigenvalue weighted by atomic mass is 10.0. The van der Waals surface area contributed by atoms with E-state index in [1.165, 1.54) is 21.8 Å². The van der Waals surface area contributed by atoms with Gasteiger partial charge in [-0.15, -0.1) is 5.10 Å². The summed E-state index contributed by atoms with van der Waals surface area (Å²) in [6, 6.07) is 25.1. The minimum Gasteiger partial charge on any atom is -0.460 e. The second-order valence-electron chi connectivity index (χ2n) is 13.7. The number of likely N-dealkylation sites (tertiary alicyclic amines) is 1. The average molecular weight is 672 g/mol. The smallest absolute Gasteiger partial charge is 0.375 e. The Bertz CT molecular complexity index is 2110. The number of para-hydroxylation sites is 2. The summed E-state index contributed by atoms with van der Waals surface area (Å²) in [4.78, 5) is 32.0. The molecule has 1 aliphatic heterocycles. The molecular weight excluding hydrogens is 630 g/mol. The number of fused-ring (bicyclic) bond motifs is 3. The van der Waals surface area contributed by atoms with Crippen molar-refractivity contribution < 1.29 is 14.3 Å². The number of nitrogens with zero attached hydrogens (tertiary/aromatic N) is 7. The van der Waals surface area contributed by atoms with E-state index in [1.807, 2.05) is 28.9 Å².